The van der Waals surface area contributed by atoms with Gasteiger partial charge in [-0.1, -0.05) is 0 Å². The topological polar surface area (TPSA) is 79.3 Å². The molecule has 0 fully saturated rings. The lowest BCUT2D eigenvalue weighted by molar-refractivity contribution is -0.113. The van der Waals surface area contributed by atoms with Gasteiger partial charge in [0.1, 0.15) is 0 Å². The number of aryl methyl sites for hydroxylation is 1. The average Bonchev–Trinajstić information content (AvgIpc) is 2.46. The van der Waals surface area contributed by atoms with Crippen LogP contribution in [0.5, 0.6) is 0 Å². The van der Waals surface area contributed by atoms with E-state index in [1.54, 1.807) is 31.5 Å². The highest BCUT2D eigenvalue weighted by Gasteiger charge is 2.09. The molecule has 0 radical (unpaired) electrons. The molecule has 2 N–H and O–H groups in total. The maximum absolute atomic E-state index is 11.9. The first-order valence-corrected chi connectivity index (χ1v) is 7.21. The van der Waals surface area contributed by atoms with Crippen molar-refractivity contribution in [3.05, 3.63) is 53.9 Å². The number of anilines is 1. The molecule has 108 valence electrons. The summed E-state index contributed by atoms with van der Waals surface area (Å²) < 4.78 is 0. The van der Waals surface area contributed by atoms with Crippen molar-refractivity contribution < 1.29 is 14.7 Å². The second-order valence-electron chi connectivity index (χ2n) is 4.35. The Kier molecular flexibility index (Phi) is 4.94. The molecule has 0 aliphatic carbocycles. The fourth-order valence-corrected chi connectivity index (χ4v) is 2.45. The van der Waals surface area contributed by atoms with E-state index < -0.39 is 5.97 Å². The Balaban J connectivity index is 1.94. The normalized spacial score (nSPS) is 10.1. The molecule has 1 amide bonds. The van der Waals surface area contributed by atoms with Gasteiger partial charge in [-0.15, -0.1) is 11.8 Å². The minimum Gasteiger partial charge on any atom is -0.478 e. The first kappa shape index (κ1) is 15.1. The maximum Gasteiger partial charge on any atom is 0.335 e. The summed E-state index contributed by atoms with van der Waals surface area (Å²) in [4.78, 5) is 27.7. The van der Waals surface area contributed by atoms with Crippen molar-refractivity contribution in [2.45, 2.75) is 11.8 Å². The van der Waals surface area contributed by atoms with Crippen LogP contribution in [0.25, 0.3) is 0 Å². The molecule has 0 atom stereocenters. The Hall–Kier alpha value is -2.34. The second kappa shape index (κ2) is 6.90. The van der Waals surface area contributed by atoms with Crippen LogP contribution in [0.4, 0.5) is 5.69 Å². The van der Waals surface area contributed by atoms with Crippen LogP contribution < -0.4 is 5.32 Å². The molecule has 0 aliphatic rings. The lowest BCUT2D eigenvalue weighted by atomic mass is 10.1. The molecule has 0 saturated carbocycles. The van der Waals surface area contributed by atoms with Gasteiger partial charge in [-0.3, -0.25) is 9.78 Å². The van der Waals surface area contributed by atoms with Crippen LogP contribution in [0.3, 0.4) is 0 Å². The third kappa shape index (κ3) is 4.32. The minimum absolute atomic E-state index is 0.140. The zero-order valence-electron chi connectivity index (χ0n) is 11.4. The molecular formula is C15H14N2O3S. The standard InChI is InChI=1S/C15H14N2O3S/c1-10-8-11(2-3-13(10)15(19)20)17-14(18)9-21-12-4-6-16-7-5-12/h2-8H,9H2,1H3,(H,17,18)(H,19,20). The van der Waals surface area contributed by atoms with Gasteiger partial charge in [-0.05, 0) is 42.8 Å². The van der Waals surface area contributed by atoms with E-state index in [1.807, 2.05) is 12.1 Å². The summed E-state index contributed by atoms with van der Waals surface area (Å²) in [7, 11) is 0. The van der Waals surface area contributed by atoms with Crippen molar-refractivity contribution in [3.63, 3.8) is 0 Å². The van der Waals surface area contributed by atoms with Crippen LogP contribution >= 0.6 is 11.8 Å². The average molecular weight is 302 g/mol. The van der Waals surface area contributed by atoms with E-state index >= 15 is 0 Å². The Morgan fingerprint density at radius 2 is 1.95 bits per heavy atom. The third-order valence-electron chi connectivity index (χ3n) is 2.76. The van der Waals surface area contributed by atoms with Crippen LogP contribution in [0.15, 0.2) is 47.6 Å². The molecule has 1 heterocycles. The predicted molar refractivity (Wildman–Crippen MR) is 81.7 cm³/mol. The molecule has 2 aromatic rings. The SMILES string of the molecule is Cc1cc(NC(=O)CSc2ccncc2)ccc1C(=O)O. The Bertz CT molecular complexity index is 659. The van der Waals surface area contributed by atoms with Gasteiger partial charge in [-0.25, -0.2) is 4.79 Å². The molecule has 5 nitrogen and oxygen atoms in total. The summed E-state index contributed by atoms with van der Waals surface area (Å²) in [5, 5.41) is 11.7. The lowest BCUT2D eigenvalue weighted by Gasteiger charge is -2.07. The van der Waals surface area contributed by atoms with Crippen molar-refractivity contribution >= 4 is 29.3 Å². The summed E-state index contributed by atoms with van der Waals surface area (Å²) in [5.74, 6) is -0.832. The highest BCUT2D eigenvalue weighted by Crippen LogP contribution is 2.18. The molecule has 6 heteroatoms. The molecule has 2 rings (SSSR count). The zero-order valence-corrected chi connectivity index (χ0v) is 12.2. The number of aromatic nitrogens is 1. The molecule has 0 bridgehead atoms. The number of benzene rings is 1. The Morgan fingerprint density at radius 3 is 2.57 bits per heavy atom. The van der Waals surface area contributed by atoms with Gasteiger partial charge in [0.15, 0.2) is 0 Å². The van der Waals surface area contributed by atoms with Crippen molar-refractivity contribution in [1.29, 1.82) is 0 Å². The van der Waals surface area contributed by atoms with E-state index in [9.17, 15) is 9.59 Å². The number of thioether (sulfide) groups is 1. The van der Waals surface area contributed by atoms with Crippen molar-refractivity contribution in [2.24, 2.45) is 0 Å². The number of rotatable bonds is 5. The number of carbonyl (C=O) groups excluding carboxylic acids is 1. The van der Waals surface area contributed by atoms with E-state index in [2.05, 4.69) is 10.3 Å². The zero-order chi connectivity index (χ0) is 15.2. The fourth-order valence-electron chi connectivity index (χ4n) is 1.76. The molecule has 1 aromatic carbocycles. The minimum atomic E-state index is -0.974. The van der Waals surface area contributed by atoms with Gasteiger partial charge in [-0.2, -0.15) is 0 Å². The number of hydrogen-bond acceptors (Lipinski definition) is 4. The van der Waals surface area contributed by atoms with E-state index in [-0.39, 0.29) is 17.2 Å². The van der Waals surface area contributed by atoms with Crippen LogP contribution in [0.1, 0.15) is 15.9 Å². The van der Waals surface area contributed by atoms with Crippen LogP contribution in [0, 0.1) is 6.92 Å². The number of amides is 1. The smallest absolute Gasteiger partial charge is 0.335 e. The molecule has 0 aliphatic heterocycles. The van der Waals surface area contributed by atoms with Gasteiger partial charge in [0.2, 0.25) is 5.91 Å². The van der Waals surface area contributed by atoms with Crippen molar-refractivity contribution in [3.8, 4) is 0 Å². The summed E-state index contributed by atoms with van der Waals surface area (Å²) >= 11 is 1.41. The number of carboxylic acids is 1. The van der Waals surface area contributed by atoms with Crippen molar-refractivity contribution in [2.75, 3.05) is 11.1 Å². The van der Waals surface area contributed by atoms with E-state index in [0.717, 1.165) is 4.90 Å². The first-order valence-electron chi connectivity index (χ1n) is 6.23. The number of aromatic carboxylic acids is 1. The summed E-state index contributed by atoms with van der Waals surface area (Å²) in [6, 6.07) is 8.40. The van der Waals surface area contributed by atoms with Gasteiger partial charge >= 0.3 is 5.97 Å². The van der Waals surface area contributed by atoms with E-state index in [4.69, 9.17) is 5.11 Å². The van der Waals surface area contributed by atoms with E-state index in [1.165, 1.54) is 17.8 Å². The first-order chi connectivity index (χ1) is 10.1. The quantitative estimate of drug-likeness (QED) is 0.830. The Morgan fingerprint density at radius 1 is 1.24 bits per heavy atom. The van der Waals surface area contributed by atoms with Gasteiger partial charge in [0.05, 0.1) is 11.3 Å². The molecule has 1 aromatic heterocycles. The molecule has 21 heavy (non-hydrogen) atoms. The highest BCUT2D eigenvalue weighted by molar-refractivity contribution is 8.00. The number of hydrogen-bond donors (Lipinski definition) is 2. The van der Waals surface area contributed by atoms with Crippen LogP contribution in [0.2, 0.25) is 0 Å². The monoisotopic (exact) mass is 302 g/mol. The van der Waals surface area contributed by atoms with Crippen LogP contribution in [-0.2, 0) is 4.79 Å². The largest absolute Gasteiger partial charge is 0.478 e. The molecule has 0 unspecified atom stereocenters. The second-order valence-corrected chi connectivity index (χ2v) is 5.40. The fraction of sp³-hybridized carbons (Fsp3) is 0.133. The summed E-state index contributed by atoms with van der Waals surface area (Å²) in [6.07, 6.45) is 3.35. The summed E-state index contributed by atoms with van der Waals surface area (Å²) in [6.45, 7) is 1.70. The van der Waals surface area contributed by atoms with Crippen LogP contribution in [-0.4, -0.2) is 27.7 Å². The van der Waals surface area contributed by atoms with Gasteiger partial charge in [0, 0.05) is 23.0 Å². The number of nitrogens with zero attached hydrogens (tertiary/aromatic N) is 1. The predicted octanol–water partition coefficient (Wildman–Crippen LogP) is 2.82. The number of carboxylic acid groups (broad SMARTS) is 1. The highest BCUT2D eigenvalue weighted by atomic mass is 32.2. The Labute approximate surface area is 126 Å². The number of pyridine rings is 1. The number of carbonyl (C=O) groups is 2. The lowest BCUT2D eigenvalue weighted by Crippen LogP contribution is -2.14. The van der Waals surface area contributed by atoms with Crippen molar-refractivity contribution in [1.82, 2.24) is 4.98 Å². The number of nitrogens with one attached hydrogen (secondary N) is 1. The third-order valence-corrected chi connectivity index (χ3v) is 3.77. The molecule has 0 saturated heterocycles. The van der Waals surface area contributed by atoms with Gasteiger partial charge < -0.3 is 10.4 Å². The summed E-state index contributed by atoms with van der Waals surface area (Å²) in [5.41, 5.74) is 1.44. The molecular weight excluding hydrogens is 288 g/mol. The maximum atomic E-state index is 11.9. The van der Waals surface area contributed by atoms with E-state index in [0.29, 0.717) is 11.3 Å². The van der Waals surface area contributed by atoms with Gasteiger partial charge in [0.25, 0.3) is 0 Å². The molecule has 0 spiro atoms.